The Labute approximate surface area is 108 Å². The second-order valence-electron chi connectivity index (χ2n) is 5.75. The maximum atomic E-state index is 11.5. The third kappa shape index (κ3) is 1.94. The van der Waals surface area contributed by atoms with Crippen molar-refractivity contribution in [1.29, 1.82) is 0 Å². The number of fused-ring (bicyclic) bond motifs is 1. The summed E-state index contributed by atoms with van der Waals surface area (Å²) in [7, 11) is 0. The number of carboxylic acid groups (broad SMARTS) is 1. The van der Waals surface area contributed by atoms with E-state index in [9.17, 15) is 9.90 Å². The van der Waals surface area contributed by atoms with Crippen LogP contribution < -0.4 is 0 Å². The molecule has 1 aromatic carbocycles. The van der Waals surface area contributed by atoms with Gasteiger partial charge in [0, 0.05) is 5.92 Å². The van der Waals surface area contributed by atoms with Gasteiger partial charge in [-0.1, -0.05) is 37.1 Å². The van der Waals surface area contributed by atoms with Crippen LogP contribution in [-0.4, -0.2) is 11.1 Å². The highest BCUT2D eigenvalue weighted by Crippen LogP contribution is 2.46. The molecule has 1 N–H and O–H groups in total. The molecule has 96 valence electrons. The Bertz CT molecular complexity index is 446. The summed E-state index contributed by atoms with van der Waals surface area (Å²) in [5, 5.41) is 9.49. The van der Waals surface area contributed by atoms with Crippen LogP contribution in [0.2, 0.25) is 0 Å². The number of aryl methyl sites for hydroxylation is 1. The second kappa shape index (κ2) is 4.75. The molecular formula is C16H20O2. The zero-order chi connectivity index (χ0) is 12.5. The highest BCUT2D eigenvalue weighted by atomic mass is 16.4. The van der Waals surface area contributed by atoms with Crippen LogP contribution in [-0.2, 0) is 11.2 Å². The van der Waals surface area contributed by atoms with Gasteiger partial charge >= 0.3 is 5.97 Å². The van der Waals surface area contributed by atoms with E-state index in [1.165, 1.54) is 36.8 Å². The molecule has 1 aromatic rings. The topological polar surface area (TPSA) is 37.3 Å². The molecule has 0 saturated heterocycles. The molecule has 2 unspecified atom stereocenters. The summed E-state index contributed by atoms with van der Waals surface area (Å²) in [5.74, 6) is 0.0897. The van der Waals surface area contributed by atoms with Crippen molar-refractivity contribution in [3.63, 3.8) is 0 Å². The first-order valence-corrected chi connectivity index (χ1v) is 7.08. The number of aliphatic carboxylic acids is 1. The van der Waals surface area contributed by atoms with Crippen LogP contribution in [0.5, 0.6) is 0 Å². The van der Waals surface area contributed by atoms with E-state index >= 15 is 0 Å². The van der Waals surface area contributed by atoms with Crippen LogP contribution in [0, 0.1) is 11.8 Å². The van der Waals surface area contributed by atoms with E-state index in [0.29, 0.717) is 5.92 Å². The van der Waals surface area contributed by atoms with Crippen LogP contribution in [0.15, 0.2) is 24.3 Å². The van der Waals surface area contributed by atoms with Crippen molar-refractivity contribution in [3.8, 4) is 0 Å². The van der Waals surface area contributed by atoms with Crippen molar-refractivity contribution in [2.75, 3.05) is 0 Å². The normalized spacial score (nSPS) is 28.0. The zero-order valence-corrected chi connectivity index (χ0v) is 10.6. The Balaban J connectivity index is 1.99. The lowest BCUT2D eigenvalue weighted by molar-refractivity contribution is -0.143. The van der Waals surface area contributed by atoms with E-state index < -0.39 is 5.97 Å². The molecule has 0 heterocycles. The van der Waals surface area contributed by atoms with Gasteiger partial charge in [0.25, 0.3) is 0 Å². The van der Waals surface area contributed by atoms with Crippen molar-refractivity contribution in [1.82, 2.24) is 0 Å². The number of carboxylic acids is 1. The lowest BCUT2D eigenvalue weighted by atomic mass is 9.68. The van der Waals surface area contributed by atoms with Gasteiger partial charge in [-0.25, -0.2) is 0 Å². The average Bonchev–Trinajstić information content (AvgIpc) is 2.90. The third-order valence-corrected chi connectivity index (χ3v) is 4.80. The maximum Gasteiger partial charge on any atom is 0.307 e. The largest absolute Gasteiger partial charge is 0.481 e. The minimum Gasteiger partial charge on any atom is -0.481 e. The zero-order valence-electron chi connectivity index (χ0n) is 10.6. The quantitative estimate of drug-likeness (QED) is 0.863. The smallest absolute Gasteiger partial charge is 0.307 e. The molecule has 0 aliphatic heterocycles. The average molecular weight is 244 g/mol. The van der Waals surface area contributed by atoms with E-state index in [1.54, 1.807) is 0 Å². The summed E-state index contributed by atoms with van der Waals surface area (Å²) < 4.78 is 0. The second-order valence-corrected chi connectivity index (χ2v) is 5.75. The minimum atomic E-state index is -0.596. The van der Waals surface area contributed by atoms with Crippen molar-refractivity contribution >= 4 is 5.97 Å². The first kappa shape index (κ1) is 11.8. The first-order chi connectivity index (χ1) is 8.77. The fourth-order valence-electron chi connectivity index (χ4n) is 3.97. The van der Waals surface area contributed by atoms with Crippen LogP contribution in [0.4, 0.5) is 0 Å². The van der Waals surface area contributed by atoms with Gasteiger partial charge in [-0.15, -0.1) is 0 Å². The summed E-state index contributed by atoms with van der Waals surface area (Å²) in [6.45, 7) is 0. The van der Waals surface area contributed by atoms with Crippen molar-refractivity contribution in [2.24, 2.45) is 11.8 Å². The van der Waals surface area contributed by atoms with Crippen molar-refractivity contribution < 1.29 is 9.90 Å². The molecule has 3 rings (SSSR count). The van der Waals surface area contributed by atoms with Gasteiger partial charge in [-0.2, -0.15) is 0 Å². The van der Waals surface area contributed by atoms with E-state index in [2.05, 4.69) is 24.3 Å². The molecule has 2 aliphatic carbocycles. The summed E-state index contributed by atoms with van der Waals surface area (Å²) >= 11 is 0. The highest BCUT2D eigenvalue weighted by molar-refractivity contribution is 5.72. The standard InChI is InChI=1S/C16H20O2/c17-16(18)14-10-9-11-5-3-4-8-13(11)15(14)12-6-1-2-7-12/h3-5,8,12,14-15H,1-2,6-7,9-10H2,(H,17,18). The van der Waals surface area contributed by atoms with E-state index in [4.69, 9.17) is 0 Å². The van der Waals surface area contributed by atoms with E-state index in [-0.39, 0.29) is 11.8 Å². The number of rotatable bonds is 2. The maximum absolute atomic E-state index is 11.5. The number of benzene rings is 1. The molecule has 0 radical (unpaired) electrons. The molecule has 1 fully saturated rings. The number of hydrogen-bond acceptors (Lipinski definition) is 1. The molecule has 1 saturated carbocycles. The Morgan fingerprint density at radius 2 is 1.83 bits per heavy atom. The van der Waals surface area contributed by atoms with Crippen molar-refractivity contribution in [3.05, 3.63) is 35.4 Å². The molecule has 2 nitrogen and oxygen atoms in total. The summed E-state index contributed by atoms with van der Waals surface area (Å²) in [4.78, 5) is 11.5. The molecular weight excluding hydrogens is 224 g/mol. The van der Waals surface area contributed by atoms with Crippen LogP contribution in [0.25, 0.3) is 0 Å². The van der Waals surface area contributed by atoms with E-state index in [0.717, 1.165) is 12.8 Å². The van der Waals surface area contributed by atoms with Crippen LogP contribution >= 0.6 is 0 Å². The molecule has 2 heteroatoms. The van der Waals surface area contributed by atoms with E-state index in [1.807, 2.05) is 0 Å². The summed E-state index contributed by atoms with van der Waals surface area (Å²) in [6.07, 6.45) is 6.71. The number of hydrogen-bond donors (Lipinski definition) is 1. The summed E-state index contributed by atoms with van der Waals surface area (Å²) in [6, 6.07) is 8.47. The predicted octanol–water partition coefficient (Wildman–Crippen LogP) is 3.61. The van der Waals surface area contributed by atoms with Gasteiger partial charge in [-0.05, 0) is 42.7 Å². The Morgan fingerprint density at radius 1 is 1.11 bits per heavy atom. The fraction of sp³-hybridized carbons (Fsp3) is 0.562. The third-order valence-electron chi connectivity index (χ3n) is 4.80. The molecule has 18 heavy (non-hydrogen) atoms. The number of carbonyl (C=O) groups is 1. The Hall–Kier alpha value is -1.31. The lowest BCUT2D eigenvalue weighted by Gasteiger charge is -2.35. The fourth-order valence-corrected chi connectivity index (χ4v) is 3.97. The van der Waals surface area contributed by atoms with Gasteiger partial charge in [0.2, 0.25) is 0 Å². The Kier molecular flexibility index (Phi) is 3.11. The van der Waals surface area contributed by atoms with Gasteiger partial charge in [0.1, 0.15) is 0 Å². The predicted molar refractivity (Wildman–Crippen MR) is 70.6 cm³/mol. The van der Waals surface area contributed by atoms with Gasteiger partial charge < -0.3 is 5.11 Å². The molecule has 0 spiro atoms. The van der Waals surface area contributed by atoms with Crippen LogP contribution in [0.3, 0.4) is 0 Å². The highest BCUT2D eigenvalue weighted by Gasteiger charge is 2.39. The first-order valence-electron chi connectivity index (χ1n) is 7.08. The van der Waals surface area contributed by atoms with Crippen LogP contribution in [0.1, 0.15) is 49.1 Å². The van der Waals surface area contributed by atoms with Gasteiger partial charge in [-0.3, -0.25) is 4.79 Å². The molecule has 2 aliphatic rings. The lowest BCUT2D eigenvalue weighted by Crippen LogP contribution is -2.31. The molecule has 2 atom stereocenters. The molecule has 0 aromatic heterocycles. The molecule has 0 amide bonds. The monoisotopic (exact) mass is 244 g/mol. The summed E-state index contributed by atoms with van der Waals surface area (Å²) in [5.41, 5.74) is 2.70. The Morgan fingerprint density at radius 3 is 2.56 bits per heavy atom. The molecule has 0 bridgehead atoms. The SMILES string of the molecule is O=C(O)C1CCc2ccccc2C1C1CCCC1. The van der Waals surface area contributed by atoms with Crippen molar-refractivity contribution in [2.45, 2.75) is 44.4 Å². The van der Waals surface area contributed by atoms with Gasteiger partial charge in [0.05, 0.1) is 5.92 Å². The minimum absolute atomic E-state index is 0.164. The van der Waals surface area contributed by atoms with Gasteiger partial charge in [0.15, 0.2) is 0 Å².